The number of rotatable bonds is 55. The van der Waals surface area contributed by atoms with E-state index in [0.29, 0.717) is 163 Å². The third-order valence-corrected chi connectivity index (χ3v) is 20.2. The van der Waals surface area contributed by atoms with E-state index in [1.807, 2.05) is 73.7 Å². The molecule has 6 aromatic carbocycles. The summed E-state index contributed by atoms with van der Waals surface area (Å²) in [5, 5.41) is 19.4. The van der Waals surface area contributed by atoms with E-state index in [-0.39, 0.29) is 88.8 Å². The van der Waals surface area contributed by atoms with Gasteiger partial charge < -0.3 is 96.9 Å². The zero-order valence-electron chi connectivity index (χ0n) is 69.8. The number of cyclic esters (lactones) is 1. The van der Waals surface area contributed by atoms with E-state index in [0.717, 1.165) is 27.8 Å². The SMILES string of the molecule is CCOC(=O)Oc1ccc2nc3c(c(CC)c2c1)Cn1c-3cc2c(c1=O)COC(=O)[C@@]2(CC)OC(=O)OCc1ccc(NC(=O)[C@H](CCCCNC(c2ccccc2)(c2ccccc2)c2ccc(OC)cc2)NC(=O)[C@H](Cc2ccccc2)NC(=O)COCC(=O)NCCOCCOCCOCCOCCOCCOCCOCCOCCN=[N+]=[N-])cc1. The molecular weight excluding hydrogens is 1590 g/mol. The molecule has 0 radical (unpaired) electrons. The molecule has 4 amide bonds. The number of ether oxygens (including phenoxy) is 15. The molecule has 33 nitrogen and oxygen atoms in total. The Kier molecular flexibility index (Phi) is 38.0. The summed E-state index contributed by atoms with van der Waals surface area (Å²) >= 11 is 0. The van der Waals surface area contributed by atoms with E-state index in [9.17, 15) is 38.4 Å². The molecule has 3 atom stereocenters. The minimum Gasteiger partial charge on any atom is -0.497 e. The topological polar surface area (TPSA) is 402 Å². The lowest BCUT2D eigenvalue weighted by atomic mass is 9.77. The van der Waals surface area contributed by atoms with E-state index >= 15 is 0 Å². The summed E-state index contributed by atoms with van der Waals surface area (Å²) in [6, 6.07) is 47.8. The van der Waals surface area contributed by atoms with Crippen LogP contribution < -0.4 is 41.6 Å². The van der Waals surface area contributed by atoms with Crippen molar-refractivity contribution < 1.29 is 105 Å². The number of carbonyl (C=O) groups is 7. The van der Waals surface area contributed by atoms with Crippen molar-refractivity contribution in [3.8, 4) is 22.9 Å². The van der Waals surface area contributed by atoms with Crippen LogP contribution in [0.3, 0.4) is 0 Å². The number of aryl methyl sites for hydroxylation is 1. The molecule has 0 aliphatic carbocycles. The minimum atomic E-state index is -2.09. The second kappa shape index (κ2) is 50.0. The number of esters is 1. The number of azide groups is 1. The van der Waals surface area contributed by atoms with Crippen molar-refractivity contribution in [1.82, 2.24) is 30.8 Å². The van der Waals surface area contributed by atoms with Gasteiger partial charge in [0.25, 0.3) is 5.56 Å². The Morgan fingerprint density at radius 2 is 1.16 bits per heavy atom. The molecule has 10 rings (SSSR count). The number of nitrogens with zero attached hydrogens (tertiary/aromatic N) is 5. The van der Waals surface area contributed by atoms with Gasteiger partial charge in [0.05, 0.1) is 154 Å². The van der Waals surface area contributed by atoms with Crippen LogP contribution >= 0.6 is 0 Å². The van der Waals surface area contributed by atoms with Crippen LogP contribution in [0.1, 0.15) is 96.5 Å². The molecule has 0 spiro atoms. The van der Waals surface area contributed by atoms with Crippen LogP contribution in [0.15, 0.2) is 174 Å². The molecule has 2 aliphatic heterocycles. The van der Waals surface area contributed by atoms with E-state index in [1.54, 1.807) is 98.3 Å². The van der Waals surface area contributed by atoms with Gasteiger partial charge in [-0.2, -0.15) is 0 Å². The fourth-order valence-electron chi connectivity index (χ4n) is 14.2. The summed E-state index contributed by atoms with van der Waals surface area (Å²) < 4.78 is 84.1. The number of pyridine rings is 2. The van der Waals surface area contributed by atoms with Crippen molar-refractivity contribution in [3.63, 3.8) is 0 Å². The number of carbonyl (C=O) groups excluding carboxylic acids is 7. The monoisotopic (exact) mass is 1700 g/mol. The fraction of sp³-hybridized carbons (Fsp3) is 0.433. The number of hydrogen-bond acceptors (Lipinski definition) is 26. The summed E-state index contributed by atoms with van der Waals surface area (Å²) in [7, 11) is 1.62. The lowest BCUT2D eigenvalue weighted by Crippen LogP contribution is -2.54. The number of amides is 4. The first-order valence-corrected chi connectivity index (χ1v) is 41.2. The normalized spacial score (nSPS) is 13.7. The fourth-order valence-corrected chi connectivity index (χ4v) is 14.2. The maximum absolute atomic E-state index is 14.8. The van der Waals surface area contributed by atoms with Crippen LogP contribution in [0.25, 0.3) is 32.7 Å². The van der Waals surface area contributed by atoms with Gasteiger partial charge in [-0.3, -0.25) is 29.3 Å². The molecule has 2 aliphatic rings. The summed E-state index contributed by atoms with van der Waals surface area (Å²) in [5.41, 5.74) is 12.6. The number of hydrogen-bond donors (Lipinski definition) is 5. The number of aromatic nitrogens is 2. The first kappa shape index (κ1) is 93.5. The molecule has 8 aromatic rings. The van der Waals surface area contributed by atoms with Gasteiger partial charge in [-0.05, 0) is 133 Å². The Morgan fingerprint density at radius 3 is 1.75 bits per heavy atom. The molecule has 0 unspecified atom stereocenters. The maximum atomic E-state index is 14.8. The van der Waals surface area contributed by atoms with Crippen LogP contribution in [0.2, 0.25) is 0 Å². The predicted molar refractivity (Wildman–Crippen MR) is 452 cm³/mol. The summed E-state index contributed by atoms with van der Waals surface area (Å²) in [5.74, 6) is -2.38. The van der Waals surface area contributed by atoms with Crippen LogP contribution in [-0.4, -0.2) is 216 Å². The first-order valence-electron chi connectivity index (χ1n) is 41.2. The molecule has 0 saturated carbocycles. The summed E-state index contributed by atoms with van der Waals surface area (Å²) in [6.07, 6.45) is -0.564. The van der Waals surface area contributed by atoms with Crippen molar-refractivity contribution in [3.05, 3.63) is 235 Å². The second-order valence-electron chi connectivity index (χ2n) is 28.3. The van der Waals surface area contributed by atoms with Crippen molar-refractivity contribution >= 4 is 58.5 Å². The van der Waals surface area contributed by atoms with E-state index < -0.39 is 83.9 Å². The molecule has 0 saturated heterocycles. The molecule has 33 heteroatoms. The zero-order chi connectivity index (χ0) is 86.9. The number of unbranched alkanes of at least 4 members (excludes halogenated alkanes) is 1. The average Bonchev–Trinajstić information content (AvgIpc) is 1.60. The van der Waals surface area contributed by atoms with Gasteiger partial charge in [0.15, 0.2) is 0 Å². The van der Waals surface area contributed by atoms with E-state index in [4.69, 9.17) is 81.6 Å². The number of fused-ring (bicyclic) bond motifs is 5. The predicted octanol–water partition coefficient (Wildman–Crippen LogP) is 10.0. The van der Waals surface area contributed by atoms with Gasteiger partial charge in [0.2, 0.25) is 29.2 Å². The van der Waals surface area contributed by atoms with Crippen LogP contribution in [0, 0.1) is 0 Å². The van der Waals surface area contributed by atoms with Crippen LogP contribution in [0.4, 0.5) is 15.3 Å². The lowest BCUT2D eigenvalue weighted by molar-refractivity contribution is -0.175. The second-order valence-corrected chi connectivity index (χ2v) is 28.3. The van der Waals surface area contributed by atoms with E-state index in [2.05, 4.69) is 60.9 Å². The zero-order valence-corrected chi connectivity index (χ0v) is 69.8. The highest BCUT2D eigenvalue weighted by molar-refractivity contribution is 5.99. The summed E-state index contributed by atoms with van der Waals surface area (Å²) in [6.45, 7) is 10.7. The highest BCUT2D eigenvalue weighted by Crippen LogP contribution is 2.44. The standard InChI is InChI=1S/C90H108N10O23/c1-5-71-72-56-70(122-87(107)119-7-3)34-35-76(72)97-82-73(71)58-100-79(82)57-75-74(85(100)105)60-120-86(106)89(75,6-2)123-88(108)121-59-64-26-30-68(31-27-64)95-83(103)77(25-17-18-36-93-90(65-21-13-9-14-22-65,66-23-15-10-16-24-66)67-28-32-69(109-4)33-29-67)98-84(104)78(55-63-19-11-8-12-20-63)96-81(102)62-118-61-80(101)92-37-39-110-41-43-112-45-47-114-49-51-116-53-54-117-52-50-115-48-46-113-44-42-111-40-38-94-99-91/h8-16,19-24,26-35,56-57,77-78,93H,5-7,17-18,25,36-55,58-62H2,1-4H3,(H,92,101)(H,95,103)(H,96,102)(H,98,104)/t77-,78-,89-/m0/s1. The average molecular weight is 1700 g/mol. The van der Waals surface area contributed by atoms with Gasteiger partial charge in [-0.1, -0.05) is 134 Å². The Labute approximate surface area is 713 Å². The highest BCUT2D eigenvalue weighted by atomic mass is 16.7. The van der Waals surface area contributed by atoms with Crippen molar-refractivity contribution in [1.29, 1.82) is 0 Å². The van der Waals surface area contributed by atoms with Crippen LogP contribution in [0.5, 0.6) is 11.5 Å². The van der Waals surface area contributed by atoms with Gasteiger partial charge >= 0.3 is 18.3 Å². The molecular formula is C90H108N10O23. The number of anilines is 1. The smallest absolute Gasteiger partial charge is 0.497 e. The Bertz CT molecular complexity index is 4790. The Morgan fingerprint density at radius 1 is 0.585 bits per heavy atom. The molecule has 4 heterocycles. The Balaban J connectivity index is 0.715. The minimum absolute atomic E-state index is 0.0252. The molecule has 2 aromatic heterocycles. The molecule has 0 bridgehead atoms. The lowest BCUT2D eigenvalue weighted by Gasteiger charge is -2.37. The highest BCUT2D eigenvalue weighted by Gasteiger charge is 2.51. The number of methoxy groups -OCH3 is 1. The third kappa shape index (κ3) is 27.4. The maximum Gasteiger partial charge on any atom is 0.513 e. The first-order chi connectivity index (χ1) is 60.1. The molecule has 123 heavy (non-hydrogen) atoms. The van der Waals surface area contributed by atoms with Crippen molar-refractivity contribution in [2.75, 3.05) is 158 Å². The van der Waals surface area contributed by atoms with Gasteiger partial charge in [-0.15, -0.1) is 0 Å². The van der Waals surface area contributed by atoms with Gasteiger partial charge in [-0.25, -0.2) is 19.4 Å². The molecule has 0 fully saturated rings. The van der Waals surface area contributed by atoms with Gasteiger partial charge in [0, 0.05) is 46.6 Å². The van der Waals surface area contributed by atoms with Crippen molar-refractivity contribution in [2.45, 2.75) is 102 Å². The third-order valence-electron chi connectivity index (χ3n) is 20.2. The van der Waals surface area contributed by atoms with E-state index in [1.165, 1.54) is 0 Å². The largest absolute Gasteiger partial charge is 0.513 e. The number of nitrogens with one attached hydrogen (secondary N) is 5. The Hall–Kier alpha value is -11.7. The summed E-state index contributed by atoms with van der Waals surface area (Å²) in [4.78, 5) is 118. The number of benzene rings is 6. The molecule has 5 N–H and O–H groups in total. The molecule has 656 valence electrons. The quantitative estimate of drug-likeness (QED) is 0.00346. The van der Waals surface area contributed by atoms with Crippen molar-refractivity contribution in [2.24, 2.45) is 5.11 Å². The van der Waals surface area contributed by atoms with Crippen LogP contribution in [-0.2, 0) is 129 Å². The van der Waals surface area contributed by atoms with Gasteiger partial charge in [0.1, 0.15) is 50.0 Å².